The molecule has 0 amide bonds. The summed E-state index contributed by atoms with van der Waals surface area (Å²) in [5.74, 6) is -1.16. The molecule has 18 heavy (non-hydrogen) atoms. The lowest BCUT2D eigenvalue weighted by molar-refractivity contribution is -0.400. The van der Waals surface area contributed by atoms with Crippen LogP contribution in [0.15, 0.2) is 18.3 Å². The molecule has 0 saturated heterocycles. The van der Waals surface area contributed by atoms with E-state index in [1.54, 1.807) is 0 Å². The highest BCUT2D eigenvalue weighted by Gasteiger charge is 2.11. The van der Waals surface area contributed by atoms with Crippen LogP contribution in [-0.4, -0.2) is 22.6 Å². The van der Waals surface area contributed by atoms with E-state index in [2.05, 4.69) is 0 Å². The van der Waals surface area contributed by atoms with Gasteiger partial charge in [0.1, 0.15) is 5.75 Å². The van der Waals surface area contributed by atoms with E-state index in [9.17, 15) is 14.9 Å². The molecule has 1 rings (SSSR count). The Morgan fingerprint density at radius 2 is 2.17 bits per heavy atom. The zero-order valence-electron chi connectivity index (χ0n) is 8.80. The number of carboxylic acid groups (broad SMARTS) is 1. The van der Waals surface area contributed by atoms with E-state index in [1.807, 2.05) is 0 Å². The Labute approximate surface area is 112 Å². The normalized spacial score (nSPS) is 10.6. The first-order valence-electron chi connectivity index (χ1n) is 4.55. The van der Waals surface area contributed by atoms with Crippen LogP contribution in [0, 0.1) is 10.1 Å². The molecule has 0 aliphatic rings. The molecule has 0 saturated carbocycles. The Morgan fingerprint density at radius 3 is 2.72 bits per heavy atom. The molecule has 6 nitrogen and oxygen atoms in total. The summed E-state index contributed by atoms with van der Waals surface area (Å²) >= 11 is 11.6. The molecule has 0 fully saturated rings. The summed E-state index contributed by atoms with van der Waals surface area (Å²) in [6.07, 6.45) is 1.80. The van der Waals surface area contributed by atoms with Crippen LogP contribution in [0.4, 0.5) is 0 Å². The van der Waals surface area contributed by atoms with Gasteiger partial charge in [0.15, 0.2) is 6.61 Å². The second-order valence-corrected chi connectivity index (χ2v) is 3.93. The van der Waals surface area contributed by atoms with Crippen LogP contribution in [0.1, 0.15) is 5.56 Å². The molecule has 0 heterocycles. The molecule has 0 bridgehead atoms. The second-order valence-electron chi connectivity index (χ2n) is 3.09. The topological polar surface area (TPSA) is 89.7 Å². The van der Waals surface area contributed by atoms with Crippen LogP contribution >= 0.6 is 23.2 Å². The molecule has 1 aromatic carbocycles. The smallest absolute Gasteiger partial charge is 0.341 e. The predicted octanol–water partition coefficient (Wildman–Crippen LogP) is 2.70. The van der Waals surface area contributed by atoms with Crippen molar-refractivity contribution in [3.05, 3.63) is 44.1 Å². The average molecular weight is 292 g/mol. The van der Waals surface area contributed by atoms with Crippen molar-refractivity contribution < 1.29 is 19.6 Å². The fraction of sp³-hybridized carbons (Fsp3) is 0.100. The van der Waals surface area contributed by atoms with E-state index in [0.29, 0.717) is 6.20 Å². The van der Waals surface area contributed by atoms with Gasteiger partial charge in [0.05, 0.1) is 9.95 Å². The molecule has 0 aromatic heterocycles. The summed E-state index contributed by atoms with van der Waals surface area (Å²) in [5.41, 5.74) is 0.227. The molecule has 0 aliphatic heterocycles. The first-order chi connectivity index (χ1) is 8.40. The number of nitrogens with zero attached hydrogens (tertiary/aromatic N) is 1. The van der Waals surface area contributed by atoms with E-state index in [4.69, 9.17) is 33.0 Å². The van der Waals surface area contributed by atoms with Gasteiger partial charge < -0.3 is 9.84 Å². The number of rotatable bonds is 5. The van der Waals surface area contributed by atoms with Gasteiger partial charge in [-0.1, -0.05) is 23.2 Å². The number of benzene rings is 1. The van der Waals surface area contributed by atoms with Gasteiger partial charge in [-0.05, 0) is 12.1 Å². The summed E-state index contributed by atoms with van der Waals surface area (Å²) in [6.45, 7) is -0.610. The zero-order valence-corrected chi connectivity index (χ0v) is 10.3. The molecule has 0 aliphatic carbocycles. The first-order valence-corrected chi connectivity index (χ1v) is 5.31. The summed E-state index contributed by atoms with van der Waals surface area (Å²) in [6, 6.07) is 2.73. The minimum atomic E-state index is -1.19. The van der Waals surface area contributed by atoms with E-state index >= 15 is 0 Å². The van der Waals surface area contributed by atoms with Gasteiger partial charge >= 0.3 is 5.97 Å². The van der Waals surface area contributed by atoms with E-state index in [0.717, 1.165) is 6.08 Å². The fourth-order valence-corrected chi connectivity index (χ4v) is 1.70. The number of nitro groups is 1. The SMILES string of the molecule is O=C(O)COc1c(Cl)cc(Cl)cc1/C=C/[N+](=O)[O-]. The average Bonchev–Trinajstić information content (AvgIpc) is 2.24. The lowest BCUT2D eigenvalue weighted by Crippen LogP contribution is -2.10. The molecule has 1 N–H and O–H groups in total. The van der Waals surface area contributed by atoms with Crippen LogP contribution in [-0.2, 0) is 4.79 Å². The summed E-state index contributed by atoms with van der Waals surface area (Å²) in [7, 11) is 0. The van der Waals surface area contributed by atoms with E-state index in [-0.39, 0.29) is 21.4 Å². The predicted molar refractivity (Wildman–Crippen MR) is 65.6 cm³/mol. The van der Waals surface area contributed by atoms with Crippen LogP contribution in [0.25, 0.3) is 6.08 Å². The fourth-order valence-electron chi connectivity index (χ4n) is 1.13. The van der Waals surface area contributed by atoms with Crippen LogP contribution in [0.2, 0.25) is 10.0 Å². The molecule has 0 unspecified atom stereocenters. The maximum absolute atomic E-state index is 10.4. The molecular formula is C10H7Cl2NO5. The van der Waals surface area contributed by atoms with E-state index < -0.39 is 17.5 Å². The number of carboxylic acids is 1. The third-order valence-electron chi connectivity index (χ3n) is 1.75. The van der Waals surface area contributed by atoms with Crippen molar-refractivity contribution in [2.45, 2.75) is 0 Å². The molecular weight excluding hydrogens is 285 g/mol. The highest BCUT2D eigenvalue weighted by atomic mass is 35.5. The van der Waals surface area contributed by atoms with Crippen LogP contribution in [0.5, 0.6) is 5.75 Å². The van der Waals surface area contributed by atoms with Gasteiger partial charge in [0.2, 0.25) is 6.20 Å². The molecule has 0 atom stereocenters. The Balaban J connectivity index is 3.12. The van der Waals surface area contributed by atoms with Crippen molar-refractivity contribution in [2.24, 2.45) is 0 Å². The zero-order chi connectivity index (χ0) is 13.7. The van der Waals surface area contributed by atoms with Crippen molar-refractivity contribution in [2.75, 3.05) is 6.61 Å². The Kier molecular flexibility index (Phi) is 4.94. The number of hydrogen-bond acceptors (Lipinski definition) is 4. The summed E-state index contributed by atoms with van der Waals surface area (Å²) in [4.78, 5) is 20.0. The van der Waals surface area contributed by atoms with Crippen molar-refractivity contribution >= 4 is 35.2 Å². The number of aliphatic carboxylic acids is 1. The number of hydrogen-bond donors (Lipinski definition) is 1. The number of halogens is 2. The van der Waals surface area contributed by atoms with Gasteiger partial charge in [0, 0.05) is 16.7 Å². The monoisotopic (exact) mass is 291 g/mol. The van der Waals surface area contributed by atoms with Gasteiger partial charge in [-0.25, -0.2) is 4.79 Å². The number of ether oxygens (including phenoxy) is 1. The Morgan fingerprint density at radius 1 is 1.50 bits per heavy atom. The minimum absolute atomic E-state index is 0.0292. The Bertz CT molecular complexity index is 515. The van der Waals surface area contributed by atoms with Crippen molar-refractivity contribution in [3.63, 3.8) is 0 Å². The highest BCUT2D eigenvalue weighted by Crippen LogP contribution is 2.33. The molecule has 8 heteroatoms. The van der Waals surface area contributed by atoms with Crippen molar-refractivity contribution in [1.29, 1.82) is 0 Å². The summed E-state index contributed by atoms with van der Waals surface area (Å²) in [5, 5.41) is 19.1. The van der Waals surface area contributed by atoms with Crippen molar-refractivity contribution in [1.82, 2.24) is 0 Å². The number of carbonyl (C=O) groups is 1. The molecule has 0 spiro atoms. The van der Waals surface area contributed by atoms with Crippen molar-refractivity contribution in [3.8, 4) is 5.75 Å². The molecule has 96 valence electrons. The lowest BCUT2D eigenvalue weighted by atomic mass is 10.2. The maximum atomic E-state index is 10.4. The highest BCUT2D eigenvalue weighted by molar-refractivity contribution is 6.35. The van der Waals surface area contributed by atoms with Gasteiger partial charge in [0.25, 0.3) is 0 Å². The quantitative estimate of drug-likeness (QED) is 0.665. The molecule has 0 radical (unpaired) electrons. The second kappa shape index (κ2) is 6.23. The van der Waals surface area contributed by atoms with E-state index in [1.165, 1.54) is 12.1 Å². The first kappa shape index (κ1) is 14.3. The van der Waals surface area contributed by atoms with Gasteiger partial charge in [-0.15, -0.1) is 0 Å². The third-order valence-corrected chi connectivity index (χ3v) is 2.25. The Hall–Kier alpha value is -1.79. The largest absolute Gasteiger partial charge is 0.480 e. The van der Waals surface area contributed by atoms with Gasteiger partial charge in [-0.3, -0.25) is 10.1 Å². The summed E-state index contributed by atoms with van der Waals surface area (Å²) < 4.78 is 4.95. The maximum Gasteiger partial charge on any atom is 0.341 e. The minimum Gasteiger partial charge on any atom is -0.480 e. The lowest BCUT2D eigenvalue weighted by Gasteiger charge is -2.09. The van der Waals surface area contributed by atoms with Gasteiger partial charge in [-0.2, -0.15) is 0 Å². The van der Waals surface area contributed by atoms with Crippen LogP contribution in [0.3, 0.4) is 0 Å². The third kappa shape index (κ3) is 4.23. The molecule has 1 aromatic rings. The van der Waals surface area contributed by atoms with Crippen LogP contribution < -0.4 is 4.74 Å². The standard InChI is InChI=1S/C10H7Cl2NO5/c11-7-3-6(1-2-13(16)17)10(8(12)4-7)18-5-9(14)15/h1-4H,5H2,(H,14,15)/b2-1+.